The predicted molar refractivity (Wildman–Crippen MR) is 73.6 cm³/mol. The molecule has 0 aromatic heterocycles. The summed E-state index contributed by atoms with van der Waals surface area (Å²) >= 11 is 4.35. The molecule has 1 heterocycles. The maximum absolute atomic E-state index is 4.40. The van der Waals surface area contributed by atoms with E-state index in [9.17, 15) is 0 Å². The summed E-state index contributed by atoms with van der Waals surface area (Å²) in [6, 6.07) is 0. The molecule has 2 aliphatic rings. The maximum atomic E-state index is 4.40. The molecule has 2 rings (SSSR count). The van der Waals surface area contributed by atoms with Crippen LogP contribution >= 0.6 is 23.5 Å². The Morgan fingerprint density at radius 1 is 1.27 bits per heavy atom. The Balaban J connectivity index is 2.12. The minimum atomic E-state index is 0.410. The van der Waals surface area contributed by atoms with Crippen LogP contribution < -0.4 is 0 Å². The van der Waals surface area contributed by atoms with Crippen molar-refractivity contribution in [2.45, 2.75) is 44.1 Å². The van der Waals surface area contributed by atoms with Crippen molar-refractivity contribution in [1.82, 2.24) is 0 Å². The molecule has 0 N–H and O–H groups in total. The van der Waals surface area contributed by atoms with Gasteiger partial charge in [-0.2, -0.15) is 0 Å². The molecule has 2 atom stereocenters. The second kappa shape index (κ2) is 4.75. The lowest BCUT2D eigenvalue weighted by Gasteiger charge is -2.45. The van der Waals surface area contributed by atoms with Crippen LogP contribution in [0.15, 0.2) is 12.2 Å². The molecule has 0 bridgehead atoms. The zero-order chi connectivity index (χ0) is 10.9. The second-order valence-corrected chi connectivity index (χ2v) is 7.89. The van der Waals surface area contributed by atoms with Crippen molar-refractivity contribution in [2.75, 3.05) is 11.5 Å². The van der Waals surface area contributed by atoms with Gasteiger partial charge in [0.15, 0.2) is 0 Å². The molecule has 0 unspecified atom stereocenters. The average molecular weight is 242 g/mol. The quantitative estimate of drug-likeness (QED) is 0.618. The summed E-state index contributed by atoms with van der Waals surface area (Å²) in [5.41, 5.74) is 1.94. The van der Waals surface area contributed by atoms with E-state index in [0.717, 1.165) is 10.5 Å². The molecule has 1 saturated heterocycles. The molecule has 2 fully saturated rings. The van der Waals surface area contributed by atoms with E-state index in [2.05, 4.69) is 44.0 Å². The van der Waals surface area contributed by atoms with Gasteiger partial charge in [-0.25, -0.2) is 0 Å². The third-order valence-electron chi connectivity index (χ3n) is 4.01. The van der Waals surface area contributed by atoms with E-state index in [1.807, 2.05) is 0 Å². The van der Waals surface area contributed by atoms with Crippen LogP contribution in [0.1, 0.15) is 39.5 Å². The van der Waals surface area contributed by atoms with Gasteiger partial charge < -0.3 is 0 Å². The minimum absolute atomic E-state index is 0.410. The maximum Gasteiger partial charge on any atom is 0.0593 e. The van der Waals surface area contributed by atoms with E-state index in [4.69, 9.17) is 0 Å². The molecule has 1 aliphatic carbocycles. The molecular formula is C13H22S2. The first kappa shape index (κ1) is 11.9. The molecule has 86 valence electrons. The Morgan fingerprint density at radius 2 is 1.93 bits per heavy atom. The molecule has 0 radical (unpaired) electrons. The Morgan fingerprint density at radius 3 is 2.60 bits per heavy atom. The smallest absolute Gasteiger partial charge is 0.0593 e. The van der Waals surface area contributed by atoms with Crippen LogP contribution in [0.3, 0.4) is 0 Å². The van der Waals surface area contributed by atoms with Crippen LogP contribution in [0.2, 0.25) is 0 Å². The topological polar surface area (TPSA) is 0 Å². The molecule has 1 saturated carbocycles. The first-order valence-corrected chi connectivity index (χ1v) is 8.17. The van der Waals surface area contributed by atoms with Crippen molar-refractivity contribution in [3.05, 3.63) is 12.2 Å². The van der Waals surface area contributed by atoms with Gasteiger partial charge in [0.05, 0.1) is 4.58 Å². The Hall–Kier alpha value is 0.440. The van der Waals surface area contributed by atoms with Gasteiger partial charge in [-0.3, -0.25) is 0 Å². The van der Waals surface area contributed by atoms with Crippen molar-refractivity contribution in [3.8, 4) is 0 Å². The van der Waals surface area contributed by atoms with Crippen LogP contribution in [-0.4, -0.2) is 16.1 Å². The van der Waals surface area contributed by atoms with Crippen LogP contribution in [0, 0.1) is 11.3 Å². The Bertz CT molecular complexity index is 243. The highest BCUT2D eigenvalue weighted by Crippen LogP contribution is 2.53. The fourth-order valence-electron chi connectivity index (χ4n) is 2.80. The van der Waals surface area contributed by atoms with E-state index in [-0.39, 0.29) is 0 Å². The van der Waals surface area contributed by atoms with Gasteiger partial charge in [-0.05, 0) is 36.7 Å². The molecule has 0 spiro atoms. The number of allylic oxidation sites excluding steroid dienone is 1. The fraction of sp³-hybridized carbons (Fsp3) is 0.846. The van der Waals surface area contributed by atoms with Crippen LogP contribution in [0.4, 0.5) is 0 Å². The summed E-state index contributed by atoms with van der Waals surface area (Å²) in [7, 11) is 0. The number of thioether (sulfide) groups is 2. The summed E-state index contributed by atoms with van der Waals surface area (Å²) in [5, 5.41) is 0. The van der Waals surface area contributed by atoms with E-state index in [0.29, 0.717) is 5.41 Å². The normalized spacial score (nSPS) is 39.3. The molecule has 0 nitrogen and oxygen atoms in total. The lowest BCUT2D eigenvalue weighted by atomic mass is 9.69. The zero-order valence-corrected chi connectivity index (χ0v) is 11.6. The molecule has 0 amide bonds. The Labute approximate surface area is 103 Å². The number of hydrogen-bond donors (Lipinski definition) is 0. The van der Waals surface area contributed by atoms with Crippen LogP contribution in [-0.2, 0) is 0 Å². The predicted octanol–water partition coefficient (Wildman–Crippen LogP) is 4.57. The standard InChI is InChI=1S/C13H22S2/c1-10-6-4-7-13(3,11(10)2)12-14-8-5-9-15-12/h10,12H,2,4-9H2,1,3H3/t10-,13+/m1/s1. The zero-order valence-electron chi connectivity index (χ0n) is 9.92. The highest BCUT2D eigenvalue weighted by molar-refractivity contribution is 8.17. The largest absolute Gasteiger partial charge is 0.147 e. The summed E-state index contributed by atoms with van der Waals surface area (Å²) in [4.78, 5) is 0. The van der Waals surface area contributed by atoms with Crippen molar-refractivity contribution in [3.63, 3.8) is 0 Å². The molecule has 1 aliphatic heterocycles. The van der Waals surface area contributed by atoms with Gasteiger partial charge in [0.2, 0.25) is 0 Å². The van der Waals surface area contributed by atoms with E-state index in [1.54, 1.807) is 0 Å². The van der Waals surface area contributed by atoms with Crippen LogP contribution in [0.5, 0.6) is 0 Å². The monoisotopic (exact) mass is 242 g/mol. The summed E-state index contributed by atoms with van der Waals surface area (Å²) in [6.07, 6.45) is 5.51. The second-order valence-electron chi connectivity index (χ2n) is 5.16. The summed E-state index contributed by atoms with van der Waals surface area (Å²) in [5.74, 6) is 3.45. The van der Waals surface area contributed by atoms with Crippen molar-refractivity contribution in [2.24, 2.45) is 11.3 Å². The molecule has 0 aromatic rings. The third-order valence-corrected chi connectivity index (χ3v) is 7.52. The minimum Gasteiger partial charge on any atom is -0.147 e. The van der Waals surface area contributed by atoms with Gasteiger partial charge in [-0.1, -0.05) is 32.4 Å². The van der Waals surface area contributed by atoms with Gasteiger partial charge in [-0.15, -0.1) is 23.5 Å². The van der Waals surface area contributed by atoms with Crippen molar-refractivity contribution in [1.29, 1.82) is 0 Å². The van der Waals surface area contributed by atoms with Gasteiger partial charge in [0.25, 0.3) is 0 Å². The fourth-order valence-corrected chi connectivity index (χ4v) is 6.27. The highest BCUT2D eigenvalue weighted by Gasteiger charge is 2.41. The SMILES string of the molecule is C=C1[C@H](C)CCC[C@]1(C)C1SCCCS1. The molecular weight excluding hydrogens is 220 g/mol. The highest BCUT2D eigenvalue weighted by atomic mass is 32.2. The van der Waals surface area contributed by atoms with Crippen LogP contribution in [0.25, 0.3) is 0 Å². The average Bonchev–Trinajstić information content (AvgIpc) is 2.27. The lowest BCUT2D eigenvalue weighted by molar-refractivity contribution is 0.286. The molecule has 2 heteroatoms. The Kier molecular flexibility index (Phi) is 3.77. The van der Waals surface area contributed by atoms with E-state index in [1.165, 1.54) is 42.8 Å². The summed E-state index contributed by atoms with van der Waals surface area (Å²) < 4.78 is 0.779. The van der Waals surface area contributed by atoms with Gasteiger partial charge >= 0.3 is 0 Å². The first-order valence-electron chi connectivity index (χ1n) is 6.07. The molecule has 0 aromatic carbocycles. The number of hydrogen-bond acceptors (Lipinski definition) is 2. The van der Waals surface area contributed by atoms with Crippen molar-refractivity contribution < 1.29 is 0 Å². The first-order chi connectivity index (χ1) is 7.14. The van der Waals surface area contributed by atoms with Crippen molar-refractivity contribution >= 4 is 23.5 Å². The van der Waals surface area contributed by atoms with E-state index < -0.39 is 0 Å². The summed E-state index contributed by atoms with van der Waals surface area (Å²) in [6.45, 7) is 9.22. The third kappa shape index (κ3) is 2.26. The molecule has 15 heavy (non-hydrogen) atoms. The van der Waals surface area contributed by atoms with E-state index >= 15 is 0 Å². The van der Waals surface area contributed by atoms with Gasteiger partial charge in [0, 0.05) is 5.41 Å². The van der Waals surface area contributed by atoms with Gasteiger partial charge in [0.1, 0.15) is 0 Å². The lowest BCUT2D eigenvalue weighted by Crippen LogP contribution is -2.36. The number of rotatable bonds is 1.